The maximum Gasteiger partial charge on any atom is 0.346 e. The fourth-order valence-electron chi connectivity index (χ4n) is 2.75. The Morgan fingerprint density at radius 2 is 1.23 bits per heavy atom. The molecular weight excluding hydrogens is 364 g/mol. The normalized spacial score (nSPS) is 16.0. The summed E-state index contributed by atoms with van der Waals surface area (Å²) in [6, 6.07) is 6.88. The molecule has 2 aliphatic heterocycles. The Kier molecular flexibility index (Phi) is 3.31. The van der Waals surface area contributed by atoms with Crippen LogP contribution in [-0.4, -0.2) is 38.7 Å². The molecule has 0 saturated carbocycles. The van der Waals surface area contributed by atoms with Gasteiger partial charge in [-0.3, -0.25) is 4.79 Å². The van der Waals surface area contributed by atoms with E-state index in [0.717, 1.165) is 12.1 Å². The second-order valence-electron chi connectivity index (χ2n) is 5.59. The average molecular weight is 372 g/mol. The van der Waals surface area contributed by atoms with Gasteiger partial charge in [0, 0.05) is 5.56 Å². The van der Waals surface area contributed by atoms with Gasteiger partial charge in [-0.2, -0.15) is 0 Å². The molecule has 2 heterocycles. The summed E-state index contributed by atoms with van der Waals surface area (Å²) in [6.45, 7) is -0.456. The molecule has 0 saturated heterocycles. The van der Waals surface area contributed by atoms with Gasteiger partial charge in [-0.1, -0.05) is 0 Å². The molecule has 2 aromatic rings. The number of ketones is 1. The van der Waals surface area contributed by atoms with Crippen molar-refractivity contribution >= 4 is 33.5 Å². The van der Waals surface area contributed by atoms with Gasteiger partial charge in [-0.25, -0.2) is 22.8 Å². The Balaban J connectivity index is 1.84. The van der Waals surface area contributed by atoms with Crippen molar-refractivity contribution in [1.29, 1.82) is 0 Å². The van der Waals surface area contributed by atoms with Crippen LogP contribution in [0, 0.1) is 0 Å². The second kappa shape index (κ2) is 5.33. The van der Waals surface area contributed by atoms with Crippen LogP contribution in [0.25, 0.3) is 0 Å². The third kappa shape index (κ3) is 2.25. The molecule has 4 rings (SSSR count). The van der Waals surface area contributed by atoms with E-state index in [1.807, 2.05) is 0 Å². The molecule has 0 radical (unpaired) electrons. The number of carbonyl (C=O) groups excluding carboxylic acids is 4. The number of carbonyl (C=O) groups is 4. The van der Waals surface area contributed by atoms with Crippen LogP contribution >= 0.6 is 0 Å². The molecule has 0 N–H and O–H groups in total. The van der Waals surface area contributed by atoms with Crippen molar-refractivity contribution in [2.24, 2.45) is 0 Å². The largest absolute Gasteiger partial charge is 0.454 e. The zero-order valence-corrected chi connectivity index (χ0v) is 13.7. The molecule has 0 spiro atoms. The zero-order valence-electron chi connectivity index (χ0n) is 12.8. The predicted octanol–water partition coefficient (Wildman–Crippen LogP) is 1.18. The number of fused-ring (bicyclic) bond motifs is 2. The van der Waals surface area contributed by atoms with Crippen molar-refractivity contribution in [2.75, 3.05) is 6.61 Å². The van der Waals surface area contributed by atoms with E-state index in [-0.39, 0.29) is 32.0 Å². The number of hydrogen-bond acceptors (Lipinski definition) is 8. The van der Waals surface area contributed by atoms with Crippen LogP contribution in [-0.2, 0) is 19.3 Å². The first kappa shape index (κ1) is 16.2. The van der Waals surface area contributed by atoms with E-state index in [4.69, 9.17) is 0 Å². The molecular formula is C17H8O8S. The summed E-state index contributed by atoms with van der Waals surface area (Å²) in [5.41, 5.74) is -0.215. The van der Waals surface area contributed by atoms with E-state index >= 15 is 0 Å². The first-order chi connectivity index (χ1) is 12.3. The number of hydrogen-bond donors (Lipinski definition) is 0. The molecule has 8 nitrogen and oxygen atoms in total. The Hall–Kier alpha value is -3.33. The van der Waals surface area contributed by atoms with Crippen molar-refractivity contribution in [3.05, 3.63) is 58.7 Å². The van der Waals surface area contributed by atoms with Gasteiger partial charge < -0.3 is 9.47 Å². The van der Waals surface area contributed by atoms with Crippen molar-refractivity contribution in [1.82, 2.24) is 0 Å². The average Bonchev–Trinajstić information content (AvgIpc) is 2.91. The van der Waals surface area contributed by atoms with Crippen LogP contribution in [0.15, 0.2) is 46.2 Å². The quantitative estimate of drug-likeness (QED) is 0.569. The number of cyclic esters (lactones) is 3. The van der Waals surface area contributed by atoms with Gasteiger partial charge in [-0.05, 0) is 36.4 Å². The Bertz CT molecular complexity index is 1140. The summed E-state index contributed by atoms with van der Waals surface area (Å²) >= 11 is 0. The highest BCUT2D eigenvalue weighted by Crippen LogP contribution is 2.29. The number of Topliss-reactive ketones (excluding diaryl/α,β-unsaturated/α-hetero) is 1. The summed E-state index contributed by atoms with van der Waals surface area (Å²) in [6.07, 6.45) is 0. The lowest BCUT2D eigenvalue weighted by molar-refractivity contribution is 0.0436. The number of sulfone groups is 1. The smallest absolute Gasteiger partial charge is 0.346 e. The molecule has 130 valence electrons. The standard InChI is InChI=1S/C17H8O8S/c18-14-7-24-15(19)10-3-1-8(5-12(10)14)26(22,23)9-2-4-11-13(6-9)17(21)25-16(11)20/h1-6H,7H2. The summed E-state index contributed by atoms with van der Waals surface area (Å²) in [5, 5.41) is 0. The number of ether oxygens (including phenoxy) is 2. The van der Waals surface area contributed by atoms with E-state index in [0.29, 0.717) is 0 Å². The number of rotatable bonds is 2. The monoisotopic (exact) mass is 372 g/mol. The summed E-state index contributed by atoms with van der Waals surface area (Å²) in [4.78, 5) is 46.2. The first-order valence-corrected chi connectivity index (χ1v) is 8.77. The lowest BCUT2D eigenvalue weighted by atomic mass is 10.0. The molecule has 2 aliphatic rings. The predicted molar refractivity (Wildman–Crippen MR) is 82.7 cm³/mol. The third-order valence-corrected chi connectivity index (χ3v) is 5.83. The molecule has 0 fully saturated rings. The molecule has 0 amide bonds. The minimum absolute atomic E-state index is 0.0108. The minimum atomic E-state index is -4.10. The highest BCUT2D eigenvalue weighted by Gasteiger charge is 2.33. The van der Waals surface area contributed by atoms with Crippen LogP contribution in [0.3, 0.4) is 0 Å². The van der Waals surface area contributed by atoms with E-state index in [2.05, 4.69) is 9.47 Å². The lowest BCUT2D eigenvalue weighted by Crippen LogP contribution is -2.24. The van der Waals surface area contributed by atoms with Gasteiger partial charge in [0.05, 0.1) is 26.5 Å². The molecule has 0 atom stereocenters. The maximum absolute atomic E-state index is 12.8. The van der Waals surface area contributed by atoms with E-state index < -0.39 is 40.1 Å². The molecule has 0 unspecified atom stereocenters. The zero-order chi connectivity index (χ0) is 18.6. The Morgan fingerprint density at radius 1 is 0.692 bits per heavy atom. The molecule has 2 aromatic carbocycles. The van der Waals surface area contributed by atoms with Gasteiger partial charge in [0.1, 0.15) is 0 Å². The van der Waals surface area contributed by atoms with Crippen LogP contribution in [0.1, 0.15) is 41.4 Å². The van der Waals surface area contributed by atoms with E-state index in [1.165, 1.54) is 24.3 Å². The summed E-state index contributed by atoms with van der Waals surface area (Å²) in [5.74, 6) is -2.99. The van der Waals surface area contributed by atoms with Crippen molar-refractivity contribution < 1.29 is 37.1 Å². The fraction of sp³-hybridized carbons (Fsp3) is 0.0588. The van der Waals surface area contributed by atoms with Gasteiger partial charge in [0.15, 0.2) is 6.61 Å². The maximum atomic E-state index is 12.8. The Morgan fingerprint density at radius 3 is 1.88 bits per heavy atom. The van der Waals surface area contributed by atoms with Crippen LogP contribution in [0.4, 0.5) is 0 Å². The van der Waals surface area contributed by atoms with Crippen LogP contribution in [0.5, 0.6) is 0 Å². The fourth-order valence-corrected chi connectivity index (χ4v) is 4.07. The van der Waals surface area contributed by atoms with Gasteiger partial charge in [-0.15, -0.1) is 0 Å². The van der Waals surface area contributed by atoms with Crippen molar-refractivity contribution in [3.63, 3.8) is 0 Å². The van der Waals surface area contributed by atoms with Crippen molar-refractivity contribution in [3.8, 4) is 0 Å². The summed E-state index contributed by atoms with van der Waals surface area (Å²) < 4.78 is 34.8. The van der Waals surface area contributed by atoms with Gasteiger partial charge in [0.25, 0.3) is 0 Å². The minimum Gasteiger partial charge on any atom is -0.454 e. The highest BCUT2D eigenvalue weighted by molar-refractivity contribution is 7.91. The third-order valence-electron chi connectivity index (χ3n) is 4.08. The van der Waals surface area contributed by atoms with Crippen LogP contribution < -0.4 is 0 Å². The molecule has 9 heteroatoms. The van der Waals surface area contributed by atoms with Crippen LogP contribution in [0.2, 0.25) is 0 Å². The number of esters is 3. The SMILES string of the molecule is O=C1COC(=O)c2ccc(S(=O)(=O)c3ccc4c(c3)C(=O)OC4=O)cc21. The topological polar surface area (TPSA) is 121 Å². The first-order valence-electron chi connectivity index (χ1n) is 7.29. The van der Waals surface area contributed by atoms with E-state index in [1.54, 1.807) is 0 Å². The van der Waals surface area contributed by atoms with E-state index in [9.17, 15) is 27.6 Å². The summed E-state index contributed by atoms with van der Waals surface area (Å²) in [7, 11) is -4.10. The Labute approximate surface area is 146 Å². The molecule has 0 bridgehead atoms. The lowest BCUT2D eigenvalue weighted by Gasteiger charge is -2.15. The highest BCUT2D eigenvalue weighted by atomic mass is 32.2. The molecule has 0 aromatic heterocycles. The molecule has 0 aliphatic carbocycles. The molecule has 26 heavy (non-hydrogen) atoms. The van der Waals surface area contributed by atoms with Crippen molar-refractivity contribution in [2.45, 2.75) is 9.79 Å². The van der Waals surface area contributed by atoms with Gasteiger partial charge >= 0.3 is 17.9 Å². The second-order valence-corrected chi connectivity index (χ2v) is 7.54. The number of benzene rings is 2. The van der Waals surface area contributed by atoms with Gasteiger partial charge in [0.2, 0.25) is 15.6 Å².